The summed E-state index contributed by atoms with van der Waals surface area (Å²) in [4.78, 5) is 12.4. The molecule has 0 aliphatic carbocycles. The second-order valence-electron chi connectivity index (χ2n) is 5.06. The lowest BCUT2D eigenvalue weighted by atomic mass is 10.1. The highest BCUT2D eigenvalue weighted by atomic mass is 79.9. The number of carbonyl (C=O) groups is 1. The molecule has 112 valence electrons. The SMILES string of the molecule is Cc1c(Br)ccc(F)c1C(=O)Nc1ccc2n[nH]c(C)c2c1. The fourth-order valence-corrected chi connectivity index (χ4v) is 2.67. The zero-order chi connectivity index (χ0) is 15.9. The number of aromatic amines is 1. The Morgan fingerprint density at radius 3 is 2.82 bits per heavy atom. The van der Waals surface area contributed by atoms with Gasteiger partial charge in [0.2, 0.25) is 0 Å². The van der Waals surface area contributed by atoms with Gasteiger partial charge in [0.1, 0.15) is 5.82 Å². The van der Waals surface area contributed by atoms with E-state index >= 15 is 0 Å². The topological polar surface area (TPSA) is 57.8 Å². The molecule has 4 nitrogen and oxygen atoms in total. The van der Waals surface area contributed by atoms with Crippen molar-refractivity contribution in [2.45, 2.75) is 13.8 Å². The van der Waals surface area contributed by atoms with Gasteiger partial charge in [0.05, 0.1) is 11.1 Å². The van der Waals surface area contributed by atoms with Crippen LogP contribution in [0.2, 0.25) is 0 Å². The highest BCUT2D eigenvalue weighted by Crippen LogP contribution is 2.25. The van der Waals surface area contributed by atoms with E-state index in [0.717, 1.165) is 16.6 Å². The van der Waals surface area contributed by atoms with E-state index < -0.39 is 11.7 Å². The molecule has 0 atom stereocenters. The summed E-state index contributed by atoms with van der Waals surface area (Å²) < 4.78 is 14.6. The van der Waals surface area contributed by atoms with Crippen molar-refractivity contribution < 1.29 is 9.18 Å². The van der Waals surface area contributed by atoms with Crippen LogP contribution in [0.25, 0.3) is 10.9 Å². The van der Waals surface area contributed by atoms with E-state index in [1.807, 2.05) is 13.0 Å². The molecule has 1 aromatic heterocycles. The molecule has 3 aromatic rings. The van der Waals surface area contributed by atoms with Crippen LogP contribution in [0, 0.1) is 19.7 Å². The summed E-state index contributed by atoms with van der Waals surface area (Å²) in [6, 6.07) is 8.22. The average molecular weight is 362 g/mol. The van der Waals surface area contributed by atoms with Gasteiger partial charge in [-0.05, 0) is 49.7 Å². The van der Waals surface area contributed by atoms with Crippen LogP contribution in [-0.2, 0) is 0 Å². The predicted molar refractivity (Wildman–Crippen MR) is 87.6 cm³/mol. The smallest absolute Gasteiger partial charge is 0.258 e. The average Bonchev–Trinajstić information content (AvgIpc) is 2.85. The number of carbonyl (C=O) groups excluding carboxylic acids is 1. The van der Waals surface area contributed by atoms with Crippen LogP contribution in [0.15, 0.2) is 34.8 Å². The lowest BCUT2D eigenvalue weighted by molar-refractivity contribution is 0.102. The van der Waals surface area contributed by atoms with Crippen LogP contribution < -0.4 is 5.32 Å². The number of anilines is 1. The van der Waals surface area contributed by atoms with Crippen LogP contribution in [0.1, 0.15) is 21.6 Å². The van der Waals surface area contributed by atoms with Crippen molar-refractivity contribution in [3.8, 4) is 0 Å². The minimum atomic E-state index is -0.543. The van der Waals surface area contributed by atoms with Gasteiger partial charge < -0.3 is 5.32 Å². The third kappa shape index (κ3) is 2.50. The largest absolute Gasteiger partial charge is 0.322 e. The zero-order valence-corrected chi connectivity index (χ0v) is 13.6. The zero-order valence-electron chi connectivity index (χ0n) is 12.0. The Morgan fingerprint density at radius 2 is 2.05 bits per heavy atom. The number of nitrogens with zero attached hydrogens (tertiary/aromatic N) is 1. The molecule has 0 fully saturated rings. The summed E-state index contributed by atoms with van der Waals surface area (Å²) in [6.07, 6.45) is 0. The van der Waals surface area contributed by atoms with Crippen molar-refractivity contribution in [3.05, 3.63) is 57.4 Å². The number of rotatable bonds is 2. The first-order valence-electron chi connectivity index (χ1n) is 6.68. The van der Waals surface area contributed by atoms with Crippen molar-refractivity contribution in [3.63, 3.8) is 0 Å². The summed E-state index contributed by atoms with van der Waals surface area (Å²) in [5, 5.41) is 10.7. The summed E-state index contributed by atoms with van der Waals surface area (Å²) in [6.45, 7) is 3.60. The van der Waals surface area contributed by atoms with E-state index in [1.54, 1.807) is 25.1 Å². The fraction of sp³-hybridized carbons (Fsp3) is 0.125. The molecule has 0 bridgehead atoms. The number of aromatic nitrogens is 2. The third-order valence-corrected chi connectivity index (χ3v) is 4.44. The molecule has 2 aromatic carbocycles. The Hall–Kier alpha value is -2.21. The number of nitrogens with one attached hydrogen (secondary N) is 2. The summed E-state index contributed by atoms with van der Waals surface area (Å²) in [5.41, 5.74) is 2.94. The minimum Gasteiger partial charge on any atom is -0.322 e. The van der Waals surface area contributed by atoms with Gasteiger partial charge in [0, 0.05) is 21.2 Å². The fourth-order valence-electron chi connectivity index (χ4n) is 2.34. The number of aryl methyl sites for hydroxylation is 1. The van der Waals surface area contributed by atoms with Gasteiger partial charge in [-0.15, -0.1) is 0 Å². The molecule has 0 aliphatic rings. The third-order valence-electron chi connectivity index (χ3n) is 3.58. The summed E-state index contributed by atoms with van der Waals surface area (Å²) in [5.74, 6) is -1.02. The van der Waals surface area contributed by atoms with Gasteiger partial charge in [-0.3, -0.25) is 9.89 Å². The number of halogens is 2. The van der Waals surface area contributed by atoms with Gasteiger partial charge in [-0.1, -0.05) is 15.9 Å². The lowest BCUT2D eigenvalue weighted by Gasteiger charge is -2.10. The first-order chi connectivity index (χ1) is 10.5. The number of H-pyrrole nitrogens is 1. The molecular weight excluding hydrogens is 349 g/mol. The first-order valence-corrected chi connectivity index (χ1v) is 7.47. The number of benzene rings is 2. The highest BCUT2D eigenvalue weighted by molar-refractivity contribution is 9.10. The molecule has 6 heteroatoms. The monoisotopic (exact) mass is 361 g/mol. The molecule has 1 amide bonds. The summed E-state index contributed by atoms with van der Waals surface area (Å²) >= 11 is 3.31. The van der Waals surface area contributed by atoms with Crippen molar-refractivity contribution in [2.75, 3.05) is 5.32 Å². The van der Waals surface area contributed by atoms with Crippen LogP contribution in [0.5, 0.6) is 0 Å². The number of fused-ring (bicyclic) bond motifs is 1. The van der Waals surface area contributed by atoms with Crippen LogP contribution in [0.3, 0.4) is 0 Å². The number of amides is 1. The van der Waals surface area contributed by atoms with E-state index in [2.05, 4.69) is 31.4 Å². The minimum absolute atomic E-state index is 0.0402. The van der Waals surface area contributed by atoms with Gasteiger partial charge in [0.25, 0.3) is 5.91 Å². The molecular formula is C16H13BrFN3O. The summed E-state index contributed by atoms with van der Waals surface area (Å²) in [7, 11) is 0. The standard InChI is InChI=1S/C16H13BrFN3O/c1-8-12(17)4-5-13(18)15(8)16(22)19-10-3-6-14-11(7-10)9(2)20-21-14/h3-7H,1-2H3,(H,19,22)(H,20,21). The Bertz CT molecular complexity index is 888. The van der Waals surface area contributed by atoms with Crippen molar-refractivity contribution >= 4 is 38.4 Å². The maximum Gasteiger partial charge on any atom is 0.258 e. The Balaban J connectivity index is 1.96. The van der Waals surface area contributed by atoms with E-state index in [1.165, 1.54) is 6.07 Å². The quantitative estimate of drug-likeness (QED) is 0.713. The van der Waals surface area contributed by atoms with Crippen LogP contribution in [0.4, 0.5) is 10.1 Å². The number of hydrogen-bond acceptors (Lipinski definition) is 2. The second kappa shape index (κ2) is 5.53. The van der Waals surface area contributed by atoms with E-state index in [-0.39, 0.29) is 5.56 Å². The molecule has 0 radical (unpaired) electrons. The van der Waals surface area contributed by atoms with Gasteiger partial charge in [-0.2, -0.15) is 5.10 Å². The molecule has 2 N–H and O–H groups in total. The number of hydrogen-bond donors (Lipinski definition) is 2. The molecule has 0 saturated carbocycles. The second-order valence-corrected chi connectivity index (χ2v) is 5.92. The van der Waals surface area contributed by atoms with Crippen molar-refractivity contribution in [2.24, 2.45) is 0 Å². The molecule has 22 heavy (non-hydrogen) atoms. The van der Waals surface area contributed by atoms with Gasteiger partial charge in [-0.25, -0.2) is 4.39 Å². The van der Waals surface area contributed by atoms with Crippen molar-refractivity contribution in [1.82, 2.24) is 10.2 Å². The van der Waals surface area contributed by atoms with E-state index in [9.17, 15) is 9.18 Å². The molecule has 0 aliphatic heterocycles. The highest BCUT2D eigenvalue weighted by Gasteiger charge is 2.17. The van der Waals surface area contributed by atoms with Crippen molar-refractivity contribution in [1.29, 1.82) is 0 Å². The van der Waals surface area contributed by atoms with E-state index in [0.29, 0.717) is 15.7 Å². The van der Waals surface area contributed by atoms with Gasteiger partial charge >= 0.3 is 0 Å². The van der Waals surface area contributed by atoms with Gasteiger partial charge in [0.15, 0.2) is 0 Å². The van der Waals surface area contributed by atoms with Crippen LogP contribution in [-0.4, -0.2) is 16.1 Å². The Morgan fingerprint density at radius 1 is 1.27 bits per heavy atom. The van der Waals surface area contributed by atoms with Crippen LogP contribution >= 0.6 is 15.9 Å². The molecule has 0 unspecified atom stereocenters. The molecule has 0 saturated heterocycles. The normalized spacial score (nSPS) is 10.9. The molecule has 3 rings (SSSR count). The lowest BCUT2D eigenvalue weighted by Crippen LogP contribution is -2.15. The maximum absolute atomic E-state index is 14.0. The predicted octanol–water partition coefficient (Wildman–Crippen LogP) is 4.33. The molecule has 1 heterocycles. The Kier molecular flexibility index (Phi) is 3.70. The molecule has 0 spiro atoms. The van der Waals surface area contributed by atoms with E-state index in [4.69, 9.17) is 0 Å². The first kappa shape index (κ1) is 14.7. The maximum atomic E-state index is 14.0. The Labute approximate surface area is 134 Å².